The predicted octanol–water partition coefficient (Wildman–Crippen LogP) is 1.96. The molecule has 0 N–H and O–H groups in total. The fraction of sp³-hybridized carbons (Fsp3) is 0.0833. The average Bonchev–Trinajstić information content (AvgIpc) is 2.39. The molecule has 0 aliphatic carbocycles. The Balaban J connectivity index is 2.43. The van der Waals surface area contributed by atoms with Gasteiger partial charge in [0.1, 0.15) is 0 Å². The zero-order chi connectivity index (χ0) is 13.9. The minimum Gasteiger partial charge on any atom is -0.258 e. The highest BCUT2D eigenvalue weighted by atomic mass is 32.2. The molecular weight excluding hydrogens is 268 g/mol. The number of pyridine rings is 1. The van der Waals surface area contributed by atoms with Gasteiger partial charge in [-0.1, -0.05) is 30.3 Å². The number of benzene rings is 1. The van der Waals surface area contributed by atoms with Gasteiger partial charge in [0.05, 0.1) is 10.7 Å². The van der Waals surface area contributed by atoms with E-state index in [9.17, 15) is 18.5 Å². The lowest BCUT2D eigenvalue weighted by atomic mass is 10.2. The molecule has 0 unspecified atom stereocenters. The first kappa shape index (κ1) is 13.2. The lowest BCUT2D eigenvalue weighted by Crippen LogP contribution is -2.09. The molecule has 2 aromatic rings. The molecule has 0 amide bonds. The number of sulfone groups is 1. The van der Waals surface area contributed by atoms with E-state index >= 15 is 0 Å². The molecule has 0 aliphatic heterocycles. The molecule has 0 saturated heterocycles. The highest BCUT2D eigenvalue weighted by Crippen LogP contribution is 2.23. The van der Waals surface area contributed by atoms with Gasteiger partial charge in [-0.05, 0) is 11.6 Å². The summed E-state index contributed by atoms with van der Waals surface area (Å²) in [5, 5.41) is 10.3. The molecular formula is C12H10N2O4S. The Bertz CT molecular complexity index is 699. The van der Waals surface area contributed by atoms with Crippen LogP contribution in [0.4, 0.5) is 5.69 Å². The molecule has 0 radical (unpaired) electrons. The first-order valence-corrected chi connectivity index (χ1v) is 7.02. The molecule has 7 heteroatoms. The minimum absolute atomic E-state index is 0.314. The summed E-state index contributed by atoms with van der Waals surface area (Å²) in [6.07, 6.45) is 1.23. The summed E-state index contributed by atoms with van der Waals surface area (Å²) in [5.41, 5.74) is 0.0564. The summed E-state index contributed by atoms with van der Waals surface area (Å²) in [6, 6.07) is 10.9. The number of nitro groups is 1. The topological polar surface area (TPSA) is 90.2 Å². The summed E-state index contributed by atoms with van der Waals surface area (Å²) in [5.74, 6) is -0.314. The summed E-state index contributed by atoms with van der Waals surface area (Å²) in [7, 11) is -3.84. The number of hydrogen-bond acceptors (Lipinski definition) is 5. The van der Waals surface area contributed by atoms with E-state index in [1.807, 2.05) is 0 Å². The molecule has 1 aromatic heterocycles. The van der Waals surface area contributed by atoms with Crippen molar-refractivity contribution in [1.29, 1.82) is 0 Å². The molecule has 0 bridgehead atoms. The Kier molecular flexibility index (Phi) is 3.57. The van der Waals surface area contributed by atoms with Crippen LogP contribution < -0.4 is 0 Å². The van der Waals surface area contributed by atoms with Crippen LogP contribution in [0, 0.1) is 10.1 Å². The fourth-order valence-electron chi connectivity index (χ4n) is 1.62. The lowest BCUT2D eigenvalue weighted by molar-refractivity contribution is -0.388. The van der Waals surface area contributed by atoms with Crippen LogP contribution in [0.2, 0.25) is 0 Å². The van der Waals surface area contributed by atoms with Gasteiger partial charge in [0.2, 0.25) is 14.9 Å². The maximum absolute atomic E-state index is 12.2. The molecule has 0 atom stereocenters. The van der Waals surface area contributed by atoms with E-state index in [1.54, 1.807) is 30.3 Å². The number of aromatic nitrogens is 1. The monoisotopic (exact) mass is 278 g/mol. The van der Waals surface area contributed by atoms with Crippen molar-refractivity contribution in [3.05, 3.63) is 64.3 Å². The first-order chi connectivity index (χ1) is 9.00. The molecule has 1 aromatic carbocycles. The summed E-state index contributed by atoms with van der Waals surface area (Å²) in [6.45, 7) is 0. The van der Waals surface area contributed by atoms with Gasteiger partial charge < -0.3 is 0 Å². The summed E-state index contributed by atoms with van der Waals surface area (Å²) in [4.78, 5) is 13.7. The molecule has 98 valence electrons. The second-order valence-corrected chi connectivity index (χ2v) is 5.73. The molecule has 0 spiro atoms. The van der Waals surface area contributed by atoms with Gasteiger partial charge in [-0.25, -0.2) is 13.4 Å². The standard InChI is InChI=1S/C12H10N2O4S/c15-14(16)11-7-4-8-13-12(11)19(17,18)9-10-5-2-1-3-6-10/h1-8H,9H2. The van der Waals surface area contributed by atoms with Gasteiger partial charge in [0.15, 0.2) is 0 Å². The van der Waals surface area contributed by atoms with E-state index in [4.69, 9.17) is 0 Å². The molecule has 0 fully saturated rings. The highest BCUT2D eigenvalue weighted by molar-refractivity contribution is 7.90. The highest BCUT2D eigenvalue weighted by Gasteiger charge is 2.27. The van der Waals surface area contributed by atoms with E-state index in [2.05, 4.69) is 4.98 Å². The fourth-order valence-corrected chi connectivity index (χ4v) is 3.07. The molecule has 6 nitrogen and oxygen atoms in total. The van der Waals surface area contributed by atoms with Gasteiger partial charge >= 0.3 is 5.69 Å². The summed E-state index contributed by atoms with van der Waals surface area (Å²) < 4.78 is 24.3. The van der Waals surface area contributed by atoms with E-state index in [-0.39, 0.29) is 5.75 Å². The van der Waals surface area contributed by atoms with Crippen LogP contribution in [0.1, 0.15) is 5.56 Å². The van der Waals surface area contributed by atoms with E-state index in [1.165, 1.54) is 12.3 Å². The smallest absolute Gasteiger partial charge is 0.258 e. The first-order valence-electron chi connectivity index (χ1n) is 5.37. The Hall–Kier alpha value is -2.28. The minimum atomic E-state index is -3.84. The second-order valence-electron chi connectivity index (χ2n) is 3.83. The van der Waals surface area contributed by atoms with Crippen LogP contribution in [0.3, 0.4) is 0 Å². The van der Waals surface area contributed by atoms with Crippen LogP contribution in [0.5, 0.6) is 0 Å². The van der Waals surface area contributed by atoms with Gasteiger partial charge in [-0.3, -0.25) is 10.1 Å². The molecule has 2 rings (SSSR count). The Morgan fingerprint density at radius 2 is 1.79 bits per heavy atom. The second kappa shape index (κ2) is 5.15. The maximum Gasteiger partial charge on any atom is 0.306 e. The van der Waals surface area contributed by atoms with Crippen LogP contribution in [0.25, 0.3) is 0 Å². The third-order valence-electron chi connectivity index (χ3n) is 2.44. The average molecular weight is 278 g/mol. The SMILES string of the molecule is O=[N+]([O-])c1cccnc1S(=O)(=O)Cc1ccccc1. The van der Waals surface area contributed by atoms with Crippen molar-refractivity contribution in [1.82, 2.24) is 4.98 Å². The molecule has 1 heterocycles. The normalized spacial score (nSPS) is 11.2. The largest absolute Gasteiger partial charge is 0.306 e. The van der Waals surface area contributed by atoms with Gasteiger partial charge in [0, 0.05) is 12.3 Å². The van der Waals surface area contributed by atoms with E-state index in [0.717, 1.165) is 6.07 Å². The van der Waals surface area contributed by atoms with Gasteiger partial charge in [0.25, 0.3) is 0 Å². The van der Waals surface area contributed by atoms with E-state index in [0.29, 0.717) is 5.56 Å². The zero-order valence-electron chi connectivity index (χ0n) is 9.76. The van der Waals surface area contributed by atoms with Crippen molar-refractivity contribution in [2.75, 3.05) is 0 Å². The van der Waals surface area contributed by atoms with Crippen molar-refractivity contribution in [2.45, 2.75) is 10.8 Å². The maximum atomic E-state index is 12.2. The van der Waals surface area contributed by atoms with Crippen molar-refractivity contribution in [3.63, 3.8) is 0 Å². The molecule has 19 heavy (non-hydrogen) atoms. The zero-order valence-corrected chi connectivity index (χ0v) is 10.6. The molecule has 0 aliphatic rings. The summed E-state index contributed by atoms with van der Waals surface area (Å²) >= 11 is 0. The Morgan fingerprint density at radius 3 is 2.42 bits per heavy atom. The van der Waals surface area contributed by atoms with Crippen molar-refractivity contribution in [3.8, 4) is 0 Å². The van der Waals surface area contributed by atoms with Crippen LogP contribution in [-0.2, 0) is 15.6 Å². The Labute approximate surface area is 109 Å². The predicted molar refractivity (Wildman–Crippen MR) is 68.2 cm³/mol. The number of nitrogens with zero attached hydrogens (tertiary/aromatic N) is 2. The van der Waals surface area contributed by atoms with Crippen molar-refractivity contribution >= 4 is 15.5 Å². The van der Waals surface area contributed by atoms with E-state index < -0.39 is 25.5 Å². The number of hydrogen-bond donors (Lipinski definition) is 0. The van der Waals surface area contributed by atoms with Gasteiger partial charge in [-0.2, -0.15) is 0 Å². The Morgan fingerprint density at radius 1 is 1.11 bits per heavy atom. The van der Waals surface area contributed by atoms with Gasteiger partial charge in [-0.15, -0.1) is 0 Å². The van der Waals surface area contributed by atoms with Crippen molar-refractivity contribution < 1.29 is 13.3 Å². The third kappa shape index (κ3) is 2.94. The van der Waals surface area contributed by atoms with Crippen LogP contribution in [-0.4, -0.2) is 18.3 Å². The quantitative estimate of drug-likeness (QED) is 0.630. The van der Waals surface area contributed by atoms with Crippen LogP contribution >= 0.6 is 0 Å². The molecule has 0 saturated carbocycles. The lowest BCUT2D eigenvalue weighted by Gasteiger charge is -2.04. The number of rotatable bonds is 4. The van der Waals surface area contributed by atoms with Crippen LogP contribution in [0.15, 0.2) is 53.7 Å². The third-order valence-corrected chi connectivity index (χ3v) is 4.06. The van der Waals surface area contributed by atoms with Crippen molar-refractivity contribution in [2.24, 2.45) is 0 Å².